The van der Waals surface area contributed by atoms with Gasteiger partial charge in [-0.25, -0.2) is 0 Å². The second kappa shape index (κ2) is 5.69. The van der Waals surface area contributed by atoms with E-state index < -0.39 is 6.10 Å². The van der Waals surface area contributed by atoms with E-state index >= 15 is 0 Å². The molecule has 0 bridgehead atoms. The highest BCUT2D eigenvalue weighted by molar-refractivity contribution is 5.29. The smallest absolute Gasteiger partial charge is 0.119 e. The molecule has 18 heavy (non-hydrogen) atoms. The van der Waals surface area contributed by atoms with Crippen LogP contribution in [0.3, 0.4) is 0 Å². The van der Waals surface area contributed by atoms with Crippen LogP contribution in [0.15, 0.2) is 24.3 Å². The van der Waals surface area contributed by atoms with Crippen LogP contribution in [0.2, 0.25) is 0 Å². The molecule has 1 aliphatic heterocycles. The van der Waals surface area contributed by atoms with Crippen molar-refractivity contribution in [2.24, 2.45) is 0 Å². The number of hydrogen-bond acceptors (Lipinski definition) is 4. The molecule has 1 fully saturated rings. The summed E-state index contributed by atoms with van der Waals surface area (Å²) < 4.78 is 5.16. The van der Waals surface area contributed by atoms with Crippen molar-refractivity contribution in [2.75, 3.05) is 26.7 Å². The lowest BCUT2D eigenvalue weighted by Crippen LogP contribution is -2.45. The minimum absolute atomic E-state index is 0.0971. The van der Waals surface area contributed by atoms with Crippen molar-refractivity contribution in [2.45, 2.75) is 25.0 Å². The van der Waals surface area contributed by atoms with Gasteiger partial charge >= 0.3 is 0 Å². The van der Waals surface area contributed by atoms with Crippen LogP contribution in [-0.4, -0.2) is 37.4 Å². The molecule has 4 heteroatoms. The van der Waals surface area contributed by atoms with Crippen LogP contribution >= 0.6 is 0 Å². The molecule has 3 N–H and O–H groups in total. The van der Waals surface area contributed by atoms with E-state index in [0.29, 0.717) is 6.54 Å². The number of methoxy groups -OCH3 is 1. The van der Waals surface area contributed by atoms with Crippen LogP contribution in [0, 0.1) is 0 Å². The largest absolute Gasteiger partial charge is 0.497 e. The van der Waals surface area contributed by atoms with Crippen LogP contribution in [0.4, 0.5) is 0 Å². The average molecular weight is 250 g/mol. The van der Waals surface area contributed by atoms with E-state index in [1.165, 1.54) is 0 Å². The fraction of sp³-hybridized carbons (Fsp3) is 0.571. The molecule has 0 aromatic heterocycles. The summed E-state index contributed by atoms with van der Waals surface area (Å²) in [5.41, 5.74) is 0.983. The molecule has 0 radical (unpaired) electrons. The number of nitrogens with one attached hydrogen (secondary N) is 2. The normalized spacial score (nSPS) is 25.1. The number of ether oxygens (including phenoxy) is 1. The van der Waals surface area contributed by atoms with E-state index in [-0.39, 0.29) is 5.54 Å². The number of aliphatic hydroxyl groups is 1. The van der Waals surface area contributed by atoms with Crippen LogP contribution in [0.5, 0.6) is 5.75 Å². The van der Waals surface area contributed by atoms with Gasteiger partial charge in [0.15, 0.2) is 0 Å². The van der Waals surface area contributed by atoms with Crippen LogP contribution in [0.1, 0.15) is 25.0 Å². The van der Waals surface area contributed by atoms with Gasteiger partial charge in [0.25, 0.3) is 0 Å². The maximum Gasteiger partial charge on any atom is 0.119 e. The zero-order valence-electron chi connectivity index (χ0n) is 11.1. The Morgan fingerprint density at radius 2 is 2.39 bits per heavy atom. The third-order valence-electron chi connectivity index (χ3n) is 3.57. The Morgan fingerprint density at radius 1 is 1.56 bits per heavy atom. The maximum atomic E-state index is 10.2. The van der Waals surface area contributed by atoms with Crippen LogP contribution < -0.4 is 15.4 Å². The van der Waals surface area contributed by atoms with Crippen molar-refractivity contribution in [3.8, 4) is 5.75 Å². The lowest BCUT2D eigenvalue weighted by molar-refractivity contribution is 0.160. The molecular formula is C14H22N2O2. The molecule has 4 nitrogen and oxygen atoms in total. The highest BCUT2D eigenvalue weighted by Gasteiger charge is 2.28. The first kappa shape index (κ1) is 13.3. The zero-order chi connectivity index (χ0) is 13.0. The minimum Gasteiger partial charge on any atom is -0.497 e. The van der Waals surface area contributed by atoms with Gasteiger partial charge in [-0.1, -0.05) is 12.1 Å². The fourth-order valence-corrected chi connectivity index (χ4v) is 2.28. The standard InChI is InChI=1S/C14H22N2O2/c1-14(6-7-15-10-14)16-9-13(17)11-4-3-5-12(8-11)18-2/h3-5,8,13,15-17H,6-7,9-10H2,1-2H3. The SMILES string of the molecule is COc1cccc(C(O)CNC2(C)CCNC2)c1. The molecule has 1 heterocycles. The fourth-order valence-electron chi connectivity index (χ4n) is 2.28. The summed E-state index contributed by atoms with van der Waals surface area (Å²) in [6.45, 7) is 4.74. The highest BCUT2D eigenvalue weighted by atomic mass is 16.5. The Bertz CT molecular complexity index is 389. The Morgan fingerprint density at radius 3 is 3.06 bits per heavy atom. The van der Waals surface area contributed by atoms with Gasteiger partial charge in [0.1, 0.15) is 5.75 Å². The summed E-state index contributed by atoms with van der Waals surface area (Å²) in [7, 11) is 1.63. The zero-order valence-corrected chi connectivity index (χ0v) is 11.1. The van der Waals surface area contributed by atoms with Gasteiger partial charge < -0.3 is 20.5 Å². The summed E-state index contributed by atoms with van der Waals surface area (Å²) in [4.78, 5) is 0. The summed E-state index contributed by atoms with van der Waals surface area (Å²) >= 11 is 0. The molecule has 0 saturated carbocycles. The molecule has 2 atom stereocenters. The monoisotopic (exact) mass is 250 g/mol. The van der Waals surface area contributed by atoms with E-state index in [0.717, 1.165) is 30.8 Å². The summed E-state index contributed by atoms with van der Waals surface area (Å²) in [5.74, 6) is 0.778. The van der Waals surface area contributed by atoms with Gasteiger partial charge in [-0.2, -0.15) is 0 Å². The molecule has 100 valence electrons. The maximum absolute atomic E-state index is 10.2. The van der Waals surface area contributed by atoms with Gasteiger partial charge in [0.05, 0.1) is 13.2 Å². The predicted molar refractivity (Wildman–Crippen MR) is 71.8 cm³/mol. The lowest BCUT2D eigenvalue weighted by Gasteiger charge is -2.26. The second-order valence-corrected chi connectivity index (χ2v) is 5.16. The van der Waals surface area contributed by atoms with E-state index in [1.54, 1.807) is 7.11 Å². The van der Waals surface area contributed by atoms with Crippen molar-refractivity contribution in [3.05, 3.63) is 29.8 Å². The van der Waals surface area contributed by atoms with Crippen molar-refractivity contribution in [1.29, 1.82) is 0 Å². The quantitative estimate of drug-likeness (QED) is 0.732. The van der Waals surface area contributed by atoms with E-state index in [1.807, 2.05) is 24.3 Å². The first-order chi connectivity index (χ1) is 8.63. The molecule has 0 spiro atoms. The first-order valence-electron chi connectivity index (χ1n) is 6.41. The second-order valence-electron chi connectivity index (χ2n) is 5.16. The highest BCUT2D eigenvalue weighted by Crippen LogP contribution is 2.20. The molecule has 2 unspecified atom stereocenters. The molecule has 1 saturated heterocycles. The lowest BCUT2D eigenvalue weighted by atomic mass is 10.0. The van der Waals surface area contributed by atoms with Gasteiger partial charge in [-0.05, 0) is 37.6 Å². The molecule has 2 rings (SSSR count). The molecule has 1 aromatic rings. The van der Waals surface area contributed by atoms with Crippen LogP contribution in [-0.2, 0) is 0 Å². The van der Waals surface area contributed by atoms with Gasteiger partial charge in [0, 0.05) is 18.6 Å². The molecule has 0 amide bonds. The van der Waals surface area contributed by atoms with Crippen molar-refractivity contribution in [3.63, 3.8) is 0 Å². The minimum atomic E-state index is -0.502. The van der Waals surface area contributed by atoms with Crippen molar-refractivity contribution < 1.29 is 9.84 Å². The first-order valence-corrected chi connectivity index (χ1v) is 6.41. The molecule has 1 aromatic carbocycles. The topological polar surface area (TPSA) is 53.5 Å². The Balaban J connectivity index is 1.92. The summed E-state index contributed by atoms with van der Waals surface area (Å²) in [6.07, 6.45) is 0.593. The van der Waals surface area contributed by atoms with E-state index in [2.05, 4.69) is 17.6 Å². The van der Waals surface area contributed by atoms with E-state index in [4.69, 9.17) is 4.74 Å². The predicted octanol–water partition coefficient (Wildman–Crippen LogP) is 1.07. The summed E-state index contributed by atoms with van der Waals surface area (Å²) in [6, 6.07) is 7.58. The average Bonchev–Trinajstić information content (AvgIpc) is 2.83. The Hall–Kier alpha value is -1.10. The van der Waals surface area contributed by atoms with Crippen LogP contribution in [0.25, 0.3) is 0 Å². The number of β-amino-alcohol motifs (C(OH)–C–C–N with tert-alkyl or cyclic N) is 1. The Labute approximate surface area is 108 Å². The molecule has 0 aliphatic carbocycles. The Kier molecular flexibility index (Phi) is 4.22. The third-order valence-corrected chi connectivity index (χ3v) is 3.57. The number of hydrogen-bond donors (Lipinski definition) is 3. The number of benzene rings is 1. The number of aliphatic hydroxyl groups excluding tert-OH is 1. The third kappa shape index (κ3) is 3.22. The summed E-state index contributed by atoms with van der Waals surface area (Å²) in [5, 5.41) is 16.9. The van der Waals surface area contributed by atoms with Gasteiger partial charge in [-0.15, -0.1) is 0 Å². The van der Waals surface area contributed by atoms with Gasteiger partial charge in [0.2, 0.25) is 0 Å². The molecule has 1 aliphatic rings. The molecular weight excluding hydrogens is 228 g/mol. The van der Waals surface area contributed by atoms with E-state index in [9.17, 15) is 5.11 Å². The van der Waals surface area contributed by atoms with Crippen molar-refractivity contribution in [1.82, 2.24) is 10.6 Å². The number of rotatable bonds is 5. The van der Waals surface area contributed by atoms with Gasteiger partial charge in [-0.3, -0.25) is 0 Å². The van der Waals surface area contributed by atoms with Crippen molar-refractivity contribution >= 4 is 0 Å².